The minimum Gasteiger partial charge on any atom is -0.456 e. The largest absolute Gasteiger partial charge is 0.456 e. The lowest BCUT2D eigenvalue weighted by Crippen LogP contribution is -2.49. The molecule has 1 N–H and O–H groups in total. The van der Waals surface area contributed by atoms with E-state index >= 15 is 0 Å². The van der Waals surface area contributed by atoms with Crippen LogP contribution in [0.3, 0.4) is 0 Å². The first-order valence-corrected chi connectivity index (χ1v) is 11.8. The fourth-order valence-corrected chi connectivity index (χ4v) is 4.37. The molecule has 0 aliphatic heterocycles. The summed E-state index contributed by atoms with van der Waals surface area (Å²) >= 11 is 0. The fraction of sp³-hybridized carbons (Fsp3) is 0.200. The standard InChI is InChI=1S/C30H26BO4/c1-29(2,32)30(3,4)35-31-19-13-15-23-22-14-12-18(16-26(22)33-27(23)17-19)20-9-7-10-24-21-8-5-6-11-25(21)34-28(20)24/h5-17,32H,1-4H3. The molecule has 35 heavy (non-hydrogen) atoms. The third kappa shape index (κ3) is 3.63. The molecule has 0 spiro atoms. The topological polar surface area (TPSA) is 55.7 Å². The van der Waals surface area contributed by atoms with E-state index in [1.54, 1.807) is 21.3 Å². The van der Waals surface area contributed by atoms with E-state index in [9.17, 15) is 5.11 Å². The Morgan fingerprint density at radius 1 is 0.686 bits per heavy atom. The van der Waals surface area contributed by atoms with Crippen molar-refractivity contribution in [1.82, 2.24) is 0 Å². The third-order valence-corrected chi connectivity index (χ3v) is 7.18. The van der Waals surface area contributed by atoms with Crippen molar-refractivity contribution in [2.45, 2.75) is 38.9 Å². The molecule has 5 heteroatoms. The molecular weight excluding hydrogens is 435 g/mol. The highest BCUT2D eigenvalue weighted by Gasteiger charge is 2.35. The van der Waals surface area contributed by atoms with Crippen LogP contribution in [0.15, 0.2) is 87.7 Å². The van der Waals surface area contributed by atoms with E-state index in [0.717, 1.165) is 60.5 Å². The maximum Gasteiger partial charge on any atom is 0.331 e. The monoisotopic (exact) mass is 461 g/mol. The van der Waals surface area contributed by atoms with Crippen LogP contribution in [0, 0.1) is 0 Å². The number of aliphatic hydroxyl groups is 1. The van der Waals surface area contributed by atoms with Crippen LogP contribution in [0.25, 0.3) is 55.0 Å². The van der Waals surface area contributed by atoms with E-state index in [0.29, 0.717) is 0 Å². The van der Waals surface area contributed by atoms with Crippen LogP contribution in [0.5, 0.6) is 0 Å². The number of hydrogen-bond acceptors (Lipinski definition) is 4. The van der Waals surface area contributed by atoms with Crippen molar-refractivity contribution in [2.75, 3.05) is 0 Å². The number of rotatable bonds is 5. The molecule has 2 aromatic heterocycles. The molecule has 4 aromatic carbocycles. The van der Waals surface area contributed by atoms with Crippen LogP contribution in [0.4, 0.5) is 0 Å². The van der Waals surface area contributed by atoms with Crippen molar-refractivity contribution < 1.29 is 18.6 Å². The van der Waals surface area contributed by atoms with E-state index in [-0.39, 0.29) is 0 Å². The van der Waals surface area contributed by atoms with Crippen LogP contribution in [0.1, 0.15) is 27.7 Å². The lowest BCUT2D eigenvalue weighted by atomic mass is 9.82. The van der Waals surface area contributed by atoms with Gasteiger partial charge in [0.1, 0.15) is 22.3 Å². The summed E-state index contributed by atoms with van der Waals surface area (Å²) in [4.78, 5) is 0. The molecule has 6 aromatic rings. The van der Waals surface area contributed by atoms with Crippen molar-refractivity contribution in [3.63, 3.8) is 0 Å². The smallest absolute Gasteiger partial charge is 0.331 e. The summed E-state index contributed by atoms with van der Waals surface area (Å²) in [5, 5.41) is 14.7. The van der Waals surface area contributed by atoms with E-state index in [1.807, 2.05) is 50.2 Å². The van der Waals surface area contributed by atoms with Gasteiger partial charge in [-0.2, -0.15) is 0 Å². The zero-order valence-corrected chi connectivity index (χ0v) is 20.3. The Balaban J connectivity index is 1.39. The van der Waals surface area contributed by atoms with Crippen LogP contribution < -0.4 is 5.46 Å². The Bertz CT molecular complexity index is 1720. The second-order valence-corrected chi connectivity index (χ2v) is 10.2. The fourth-order valence-electron chi connectivity index (χ4n) is 4.37. The van der Waals surface area contributed by atoms with Gasteiger partial charge in [-0.3, -0.25) is 0 Å². The van der Waals surface area contributed by atoms with Crippen LogP contribution in [-0.2, 0) is 4.65 Å². The van der Waals surface area contributed by atoms with Gasteiger partial charge in [0.05, 0.1) is 11.2 Å². The molecule has 0 amide bonds. The molecule has 4 nitrogen and oxygen atoms in total. The van der Waals surface area contributed by atoms with Crippen molar-refractivity contribution >= 4 is 56.8 Å². The molecule has 0 saturated heterocycles. The lowest BCUT2D eigenvalue weighted by Gasteiger charge is -2.37. The predicted octanol–water partition coefficient (Wildman–Crippen LogP) is 6.96. The number of benzene rings is 4. The Labute approximate surface area is 204 Å². The molecule has 0 aliphatic carbocycles. The highest BCUT2D eigenvalue weighted by atomic mass is 16.5. The normalized spacial score (nSPS) is 12.8. The van der Waals surface area contributed by atoms with Gasteiger partial charge in [-0.15, -0.1) is 0 Å². The Kier molecular flexibility index (Phi) is 4.86. The molecule has 0 bridgehead atoms. The quantitative estimate of drug-likeness (QED) is 0.282. The van der Waals surface area contributed by atoms with E-state index in [4.69, 9.17) is 13.5 Å². The van der Waals surface area contributed by atoms with Gasteiger partial charge >= 0.3 is 7.48 Å². The molecule has 0 atom stereocenters. The van der Waals surface area contributed by atoms with Gasteiger partial charge in [-0.05, 0) is 63.0 Å². The van der Waals surface area contributed by atoms with Gasteiger partial charge in [0.2, 0.25) is 0 Å². The minimum absolute atomic E-state index is 0.734. The van der Waals surface area contributed by atoms with Gasteiger partial charge in [0.25, 0.3) is 0 Å². The Morgan fingerprint density at radius 3 is 2.17 bits per heavy atom. The molecule has 0 fully saturated rings. The molecule has 173 valence electrons. The predicted molar refractivity (Wildman–Crippen MR) is 143 cm³/mol. The second kappa shape index (κ2) is 7.74. The third-order valence-electron chi connectivity index (χ3n) is 7.18. The minimum atomic E-state index is -0.980. The maximum atomic E-state index is 10.3. The maximum absolute atomic E-state index is 10.3. The molecule has 1 radical (unpaired) electrons. The number of para-hydroxylation sites is 2. The first-order valence-electron chi connectivity index (χ1n) is 11.8. The van der Waals surface area contributed by atoms with E-state index in [2.05, 4.69) is 42.5 Å². The van der Waals surface area contributed by atoms with Crippen LogP contribution in [-0.4, -0.2) is 23.8 Å². The lowest BCUT2D eigenvalue weighted by molar-refractivity contribution is -0.0893. The van der Waals surface area contributed by atoms with Gasteiger partial charge in [-0.1, -0.05) is 54.6 Å². The number of furan rings is 2. The van der Waals surface area contributed by atoms with Crippen LogP contribution in [0.2, 0.25) is 0 Å². The number of hydrogen-bond donors (Lipinski definition) is 1. The zero-order chi connectivity index (χ0) is 24.4. The highest BCUT2D eigenvalue weighted by Crippen LogP contribution is 2.38. The Hall–Kier alpha value is -3.54. The van der Waals surface area contributed by atoms with E-state index in [1.165, 1.54) is 0 Å². The summed E-state index contributed by atoms with van der Waals surface area (Å²) in [6, 6.07) is 26.7. The molecule has 6 rings (SSSR count). The van der Waals surface area contributed by atoms with Crippen molar-refractivity contribution in [3.05, 3.63) is 78.9 Å². The van der Waals surface area contributed by atoms with Crippen LogP contribution >= 0.6 is 0 Å². The second-order valence-electron chi connectivity index (χ2n) is 10.2. The SMILES string of the molecule is CC(C)(O)C(C)(C)O[B]c1ccc2c(c1)oc1cc(-c3cccc4c3oc3ccccc34)ccc12. The van der Waals surface area contributed by atoms with E-state index < -0.39 is 11.2 Å². The van der Waals surface area contributed by atoms with Gasteiger partial charge in [-0.25, -0.2) is 0 Å². The molecule has 0 saturated carbocycles. The van der Waals surface area contributed by atoms with Gasteiger partial charge < -0.3 is 18.6 Å². The summed E-state index contributed by atoms with van der Waals surface area (Å²) in [6.45, 7) is 7.22. The summed E-state index contributed by atoms with van der Waals surface area (Å²) in [5.41, 5.74) is 4.62. The average molecular weight is 461 g/mol. The molecule has 2 heterocycles. The summed E-state index contributed by atoms with van der Waals surface area (Å²) < 4.78 is 18.4. The van der Waals surface area contributed by atoms with Crippen molar-refractivity contribution in [2.24, 2.45) is 0 Å². The van der Waals surface area contributed by atoms with Crippen molar-refractivity contribution in [3.8, 4) is 11.1 Å². The summed E-state index contributed by atoms with van der Waals surface area (Å²) in [6.07, 6.45) is 0. The highest BCUT2D eigenvalue weighted by molar-refractivity contribution is 6.47. The number of fused-ring (bicyclic) bond motifs is 6. The van der Waals surface area contributed by atoms with Gasteiger partial charge in [0.15, 0.2) is 0 Å². The zero-order valence-electron chi connectivity index (χ0n) is 20.3. The first kappa shape index (κ1) is 22.0. The average Bonchev–Trinajstić information content (AvgIpc) is 3.39. The van der Waals surface area contributed by atoms with Gasteiger partial charge in [0, 0.05) is 27.1 Å². The summed E-state index contributed by atoms with van der Waals surface area (Å²) in [5.74, 6) is 0. The Morgan fingerprint density at radius 2 is 1.37 bits per heavy atom. The summed E-state index contributed by atoms with van der Waals surface area (Å²) in [7, 11) is 1.68. The molecule has 0 unspecified atom stereocenters. The first-order chi connectivity index (χ1) is 16.7. The molecular formula is C30H26BO4. The molecule has 0 aliphatic rings. The van der Waals surface area contributed by atoms with Crippen molar-refractivity contribution in [1.29, 1.82) is 0 Å².